The van der Waals surface area contributed by atoms with E-state index in [9.17, 15) is 24.9 Å². The molecule has 0 fully saturated rings. The topological polar surface area (TPSA) is 187 Å². The SMILES string of the molecule is NCCCC[C@H](N)C(=O)C(=O)[C@H](O)[C@@H](O)[C@@H](O)[C@H](O)CO. The van der Waals surface area contributed by atoms with Crippen molar-refractivity contribution < 1.29 is 35.1 Å². The minimum absolute atomic E-state index is 0.201. The maximum absolute atomic E-state index is 11.7. The lowest BCUT2D eigenvalue weighted by molar-refractivity contribution is -0.154. The van der Waals surface area contributed by atoms with Crippen molar-refractivity contribution in [3.8, 4) is 0 Å². The van der Waals surface area contributed by atoms with Gasteiger partial charge in [0.05, 0.1) is 12.6 Å². The maximum atomic E-state index is 11.7. The fourth-order valence-electron chi connectivity index (χ4n) is 1.65. The predicted molar refractivity (Wildman–Crippen MR) is 72.0 cm³/mol. The second kappa shape index (κ2) is 9.90. The van der Waals surface area contributed by atoms with Gasteiger partial charge in [0.15, 0.2) is 0 Å². The second-order valence-electron chi connectivity index (χ2n) is 4.80. The Labute approximate surface area is 122 Å². The largest absolute Gasteiger partial charge is 0.394 e. The number of aliphatic hydroxyl groups excluding tert-OH is 5. The number of carbonyl (C=O) groups is 2. The van der Waals surface area contributed by atoms with Crippen molar-refractivity contribution in [2.45, 2.75) is 49.7 Å². The molecule has 9 nitrogen and oxygen atoms in total. The van der Waals surface area contributed by atoms with Crippen LogP contribution in [0.1, 0.15) is 19.3 Å². The molecule has 0 rings (SSSR count). The Morgan fingerprint density at radius 1 is 0.952 bits per heavy atom. The summed E-state index contributed by atoms with van der Waals surface area (Å²) in [5.74, 6) is -2.43. The van der Waals surface area contributed by atoms with Crippen LogP contribution >= 0.6 is 0 Å². The van der Waals surface area contributed by atoms with Crippen LogP contribution < -0.4 is 11.5 Å². The van der Waals surface area contributed by atoms with E-state index in [2.05, 4.69) is 0 Å². The Bertz CT molecular complexity index is 340. The van der Waals surface area contributed by atoms with Gasteiger partial charge in [-0.15, -0.1) is 0 Å². The third kappa shape index (κ3) is 6.14. The third-order valence-electron chi connectivity index (χ3n) is 3.07. The first-order valence-corrected chi connectivity index (χ1v) is 6.64. The highest BCUT2D eigenvalue weighted by Crippen LogP contribution is 2.08. The van der Waals surface area contributed by atoms with Gasteiger partial charge in [-0.2, -0.15) is 0 Å². The Kier molecular flexibility index (Phi) is 9.46. The molecule has 0 spiro atoms. The van der Waals surface area contributed by atoms with Crippen LogP contribution in [0.2, 0.25) is 0 Å². The number of aliphatic hydroxyl groups is 5. The van der Waals surface area contributed by atoms with Gasteiger partial charge in [-0.05, 0) is 19.4 Å². The van der Waals surface area contributed by atoms with Crippen LogP contribution in [0, 0.1) is 0 Å². The quantitative estimate of drug-likeness (QED) is 0.147. The van der Waals surface area contributed by atoms with E-state index < -0.39 is 48.6 Å². The predicted octanol–water partition coefficient (Wildman–Crippen LogP) is -3.98. The van der Waals surface area contributed by atoms with E-state index in [-0.39, 0.29) is 6.42 Å². The molecule has 0 amide bonds. The van der Waals surface area contributed by atoms with E-state index in [0.29, 0.717) is 19.4 Å². The molecule has 0 aromatic carbocycles. The highest BCUT2D eigenvalue weighted by molar-refractivity contribution is 6.40. The van der Waals surface area contributed by atoms with Crippen LogP contribution in [0.3, 0.4) is 0 Å². The van der Waals surface area contributed by atoms with Crippen molar-refractivity contribution in [1.82, 2.24) is 0 Å². The summed E-state index contributed by atoms with van der Waals surface area (Å²) in [4.78, 5) is 23.3. The average Bonchev–Trinajstić information content (AvgIpc) is 2.50. The van der Waals surface area contributed by atoms with Crippen molar-refractivity contribution in [1.29, 1.82) is 0 Å². The molecule has 0 saturated carbocycles. The number of ketones is 2. The molecule has 0 aromatic rings. The molecule has 5 atom stereocenters. The van der Waals surface area contributed by atoms with Crippen molar-refractivity contribution in [2.75, 3.05) is 13.2 Å². The number of unbranched alkanes of at least 4 members (excludes halogenated alkanes) is 1. The number of hydrogen-bond donors (Lipinski definition) is 7. The molecule has 0 unspecified atom stereocenters. The van der Waals surface area contributed by atoms with E-state index in [0.717, 1.165) is 0 Å². The number of nitrogens with two attached hydrogens (primary N) is 2. The summed E-state index contributed by atoms with van der Waals surface area (Å²) in [7, 11) is 0. The molecule has 0 aliphatic heterocycles. The van der Waals surface area contributed by atoms with Gasteiger partial charge in [0.25, 0.3) is 0 Å². The summed E-state index contributed by atoms with van der Waals surface area (Å²) in [6.45, 7) is -0.465. The molecule has 21 heavy (non-hydrogen) atoms. The van der Waals surface area contributed by atoms with Gasteiger partial charge in [-0.1, -0.05) is 6.42 Å². The van der Waals surface area contributed by atoms with Crippen molar-refractivity contribution >= 4 is 11.6 Å². The average molecular weight is 308 g/mol. The van der Waals surface area contributed by atoms with Gasteiger partial charge in [0.2, 0.25) is 11.6 Å². The summed E-state index contributed by atoms with van der Waals surface area (Å²) in [5.41, 5.74) is 10.8. The highest BCUT2D eigenvalue weighted by Gasteiger charge is 2.37. The Morgan fingerprint density at radius 2 is 1.52 bits per heavy atom. The number of Topliss-reactive ketones (excluding diaryl/α,β-unsaturated/α-hetero) is 2. The molecular weight excluding hydrogens is 284 g/mol. The summed E-state index contributed by atoms with van der Waals surface area (Å²) in [6.07, 6.45) is -6.71. The summed E-state index contributed by atoms with van der Waals surface area (Å²) in [6, 6.07) is -1.13. The van der Waals surface area contributed by atoms with Gasteiger partial charge >= 0.3 is 0 Å². The Hall–Kier alpha value is -0.940. The zero-order valence-electron chi connectivity index (χ0n) is 11.6. The first kappa shape index (κ1) is 20.1. The second-order valence-corrected chi connectivity index (χ2v) is 4.80. The molecule has 0 heterocycles. The molecule has 124 valence electrons. The van der Waals surface area contributed by atoms with Gasteiger partial charge in [-0.3, -0.25) is 9.59 Å². The molecule has 0 aliphatic carbocycles. The van der Waals surface area contributed by atoms with Crippen LogP contribution in [0.4, 0.5) is 0 Å². The standard InChI is InChI=1S/C12H24N2O7/c13-4-2-1-3-6(14)8(17)10(19)12(21)11(20)9(18)7(16)5-15/h6-7,9,11-12,15-16,18,20-21H,1-5,13-14H2/t6-,7+,9-,11-,12-/m0/s1. The molecule has 9 N–H and O–H groups in total. The molecule has 9 heteroatoms. The van der Waals surface area contributed by atoms with E-state index >= 15 is 0 Å². The lowest BCUT2D eigenvalue weighted by Crippen LogP contribution is -2.52. The number of carbonyl (C=O) groups excluding carboxylic acids is 2. The first-order valence-electron chi connectivity index (χ1n) is 6.64. The van der Waals surface area contributed by atoms with Crippen molar-refractivity contribution in [3.05, 3.63) is 0 Å². The molecule has 0 bridgehead atoms. The van der Waals surface area contributed by atoms with E-state index in [1.807, 2.05) is 0 Å². The molecule has 0 radical (unpaired) electrons. The zero-order chi connectivity index (χ0) is 16.6. The minimum atomic E-state index is -2.23. The number of rotatable bonds is 11. The van der Waals surface area contributed by atoms with E-state index in [1.54, 1.807) is 0 Å². The van der Waals surface area contributed by atoms with Crippen LogP contribution in [0.25, 0.3) is 0 Å². The fraction of sp³-hybridized carbons (Fsp3) is 0.833. The van der Waals surface area contributed by atoms with Crippen molar-refractivity contribution in [3.63, 3.8) is 0 Å². The van der Waals surface area contributed by atoms with E-state index in [4.69, 9.17) is 21.7 Å². The summed E-state index contributed by atoms with van der Waals surface area (Å²) < 4.78 is 0. The van der Waals surface area contributed by atoms with E-state index in [1.165, 1.54) is 0 Å². The minimum Gasteiger partial charge on any atom is -0.394 e. The monoisotopic (exact) mass is 308 g/mol. The third-order valence-corrected chi connectivity index (χ3v) is 3.07. The molecule has 0 aliphatic rings. The smallest absolute Gasteiger partial charge is 0.231 e. The van der Waals surface area contributed by atoms with Gasteiger partial charge < -0.3 is 37.0 Å². The zero-order valence-corrected chi connectivity index (χ0v) is 11.6. The summed E-state index contributed by atoms with van der Waals surface area (Å²) in [5, 5.41) is 46.1. The van der Waals surface area contributed by atoms with Crippen LogP contribution in [-0.2, 0) is 9.59 Å². The lowest BCUT2D eigenvalue weighted by atomic mass is 9.94. The van der Waals surface area contributed by atoms with Gasteiger partial charge in [0.1, 0.15) is 24.4 Å². The Morgan fingerprint density at radius 3 is 2.00 bits per heavy atom. The molecule has 0 aromatic heterocycles. The van der Waals surface area contributed by atoms with Crippen molar-refractivity contribution in [2.24, 2.45) is 11.5 Å². The molecule has 0 saturated heterocycles. The highest BCUT2D eigenvalue weighted by atomic mass is 16.4. The normalized spacial score (nSPS) is 18.6. The van der Waals surface area contributed by atoms with Gasteiger partial charge in [-0.25, -0.2) is 0 Å². The van der Waals surface area contributed by atoms with Gasteiger partial charge in [0, 0.05) is 0 Å². The molecular formula is C12H24N2O7. The number of hydrogen-bond acceptors (Lipinski definition) is 9. The van der Waals surface area contributed by atoms with Crippen LogP contribution in [0.5, 0.6) is 0 Å². The lowest BCUT2D eigenvalue weighted by Gasteiger charge is -2.25. The first-order chi connectivity index (χ1) is 9.77. The fourth-order valence-corrected chi connectivity index (χ4v) is 1.65. The summed E-state index contributed by atoms with van der Waals surface area (Å²) >= 11 is 0. The Balaban J connectivity index is 4.57. The maximum Gasteiger partial charge on any atom is 0.231 e. The van der Waals surface area contributed by atoms with Crippen LogP contribution in [0.15, 0.2) is 0 Å². The van der Waals surface area contributed by atoms with Crippen LogP contribution in [-0.4, -0.2) is 80.7 Å².